The number of aryl methyl sites for hydroxylation is 1. The minimum absolute atomic E-state index is 0. The topological polar surface area (TPSA) is 78.8 Å². The Morgan fingerprint density at radius 2 is 2.10 bits per heavy atom. The van der Waals surface area contributed by atoms with E-state index in [0.29, 0.717) is 6.61 Å². The van der Waals surface area contributed by atoms with E-state index in [2.05, 4.69) is 52.2 Å². The Labute approximate surface area is 194 Å². The number of aromatic nitrogens is 1. The Kier molecular flexibility index (Phi) is 9.81. The number of nitrogens with one attached hydrogen (secondary N) is 2. The van der Waals surface area contributed by atoms with Crippen molar-refractivity contribution in [2.75, 3.05) is 40.0 Å². The number of aliphatic hydroxyl groups excluding tert-OH is 1. The maximum absolute atomic E-state index is 9.34. The highest BCUT2D eigenvalue weighted by Gasteiger charge is 2.34. The molecule has 0 amide bonds. The molecule has 1 aromatic carbocycles. The minimum Gasteiger partial charge on any atom is -0.396 e. The molecule has 0 spiro atoms. The Balaban J connectivity index is 0.00000300. The predicted octanol–water partition coefficient (Wildman–Crippen LogP) is 3.23. The van der Waals surface area contributed by atoms with E-state index in [1.54, 1.807) is 18.4 Å². The highest BCUT2D eigenvalue weighted by Crippen LogP contribution is 2.31. The Hall–Kier alpha value is -1.23. The van der Waals surface area contributed by atoms with Gasteiger partial charge in [0.25, 0.3) is 0 Å². The second-order valence-corrected chi connectivity index (χ2v) is 8.25. The fourth-order valence-corrected chi connectivity index (χ4v) is 4.22. The average molecular weight is 530 g/mol. The number of aliphatic imine (C=N–C) groups is 1. The van der Waals surface area contributed by atoms with Gasteiger partial charge in [-0.2, -0.15) is 0 Å². The normalized spacial score (nSPS) is 19.1. The van der Waals surface area contributed by atoms with Crippen molar-refractivity contribution in [3.63, 3.8) is 0 Å². The first-order valence-corrected chi connectivity index (χ1v) is 10.7. The maximum atomic E-state index is 9.34. The summed E-state index contributed by atoms with van der Waals surface area (Å²) in [6.07, 6.45) is 2.56. The Bertz CT molecular complexity index is 773. The van der Waals surface area contributed by atoms with Crippen LogP contribution in [0.15, 0.2) is 34.6 Å². The van der Waals surface area contributed by atoms with Crippen molar-refractivity contribution in [2.24, 2.45) is 10.4 Å². The van der Waals surface area contributed by atoms with Crippen LogP contribution in [0.4, 0.5) is 0 Å². The molecule has 1 fully saturated rings. The van der Waals surface area contributed by atoms with Crippen LogP contribution in [0.3, 0.4) is 0 Å². The summed E-state index contributed by atoms with van der Waals surface area (Å²) in [7, 11) is 1.78. The molecule has 2 heterocycles. The zero-order valence-corrected chi connectivity index (χ0v) is 20.3. The second kappa shape index (κ2) is 11.8. The summed E-state index contributed by atoms with van der Waals surface area (Å²) in [5.41, 5.74) is 3.52. The number of guanidine groups is 1. The molecule has 2 aromatic rings. The van der Waals surface area contributed by atoms with Gasteiger partial charge in [-0.05, 0) is 19.8 Å². The quantitative estimate of drug-likeness (QED) is 0.278. The van der Waals surface area contributed by atoms with Gasteiger partial charge in [-0.15, -0.1) is 35.3 Å². The van der Waals surface area contributed by atoms with Crippen LogP contribution in [0.1, 0.15) is 24.1 Å². The monoisotopic (exact) mass is 530 g/mol. The van der Waals surface area contributed by atoms with Gasteiger partial charge in [0, 0.05) is 56.1 Å². The molecular weight excluding hydrogens is 499 g/mol. The van der Waals surface area contributed by atoms with E-state index in [9.17, 15) is 5.11 Å². The summed E-state index contributed by atoms with van der Waals surface area (Å²) in [5.74, 6) is 0.776. The lowest BCUT2D eigenvalue weighted by Crippen LogP contribution is -2.45. The smallest absolute Gasteiger partial charge is 0.191 e. The van der Waals surface area contributed by atoms with Gasteiger partial charge < -0.3 is 20.5 Å². The third kappa shape index (κ3) is 6.91. The van der Waals surface area contributed by atoms with Crippen LogP contribution < -0.4 is 10.6 Å². The maximum Gasteiger partial charge on any atom is 0.191 e. The molecule has 1 aromatic heterocycles. The van der Waals surface area contributed by atoms with E-state index in [1.165, 1.54) is 11.1 Å². The van der Waals surface area contributed by atoms with Gasteiger partial charge in [-0.1, -0.05) is 29.8 Å². The van der Waals surface area contributed by atoms with Gasteiger partial charge in [-0.3, -0.25) is 4.99 Å². The molecule has 0 saturated carbocycles. The molecule has 3 N–H and O–H groups in total. The molecule has 0 radical (unpaired) electrons. The fourth-order valence-electron chi connectivity index (χ4n) is 3.36. The highest BCUT2D eigenvalue weighted by atomic mass is 127. The lowest BCUT2D eigenvalue weighted by atomic mass is 9.84. The van der Waals surface area contributed by atoms with E-state index < -0.39 is 0 Å². The SMILES string of the molecule is CN=C(NCCc1csc(-c2ccc(C)cc2)n1)NCC1(CCO)CCOC1.I. The Morgan fingerprint density at radius 1 is 1.31 bits per heavy atom. The Morgan fingerprint density at radius 3 is 2.76 bits per heavy atom. The van der Waals surface area contributed by atoms with Gasteiger partial charge in [0.15, 0.2) is 5.96 Å². The first-order chi connectivity index (χ1) is 13.6. The van der Waals surface area contributed by atoms with Gasteiger partial charge in [0.1, 0.15) is 5.01 Å². The average Bonchev–Trinajstić information content (AvgIpc) is 3.36. The molecule has 1 saturated heterocycles. The number of benzene rings is 1. The van der Waals surface area contributed by atoms with E-state index >= 15 is 0 Å². The largest absolute Gasteiger partial charge is 0.396 e. The summed E-state index contributed by atoms with van der Waals surface area (Å²) in [6.45, 7) is 5.25. The van der Waals surface area contributed by atoms with Crippen LogP contribution >= 0.6 is 35.3 Å². The van der Waals surface area contributed by atoms with Crippen LogP contribution in [0.25, 0.3) is 10.6 Å². The standard InChI is InChI=1S/C21H30N4O2S.HI/c1-16-3-5-17(6-4-16)19-25-18(13-28-19)7-10-23-20(22-2)24-14-21(8-11-26)9-12-27-15-21;/h3-6,13,26H,7-12,14-15H2,1-2H3,(H2,22,23,24);1H. The van der Waals surface area contributed by atoms with Crippen LogP contribution in [0, 0.1) is 12.3 Å². The number of nitrogens with zero attached hydrogens (tertiary/aromatic N) is 2. The number of hydrogen-bond acceptors (Lipinski definition) is 5. The van der Waals surface area contributed by atoms with Crippen molar-refractivity contribution < 1.29 is 9.84 Å². The molecule has 0 aliphatic carbocycles. The first kappa shape index (κ1) is 24.0. The zero-order valence-electron chi connectivity index (χ0n) is 17.1. The van der Waals surface area contributed by atoms with Gasteiger partial charge in [0.05, 0.1) is 12.3 Å². The van der Waals surface area contributed by atoms with Gasteiger partial charge in [-0.25, -0.2) is 4.98 Å². The van der Waals surface area contributed by atoms with Crippen molar-refractivity contribution in [1.29, 1.82) is 0 Å². The van der Waals surface area contributed by atoms with E-state index in [1.807, 2.05) is 0 Å². The van der Waals surface area contributed by atoms with Crippen LogP contribution in [0.2, 0.25) is 0 Å². The summed E-state index contributed by atoms with van der Waals surface area (Å²) in [5, 5.41) is 19.3. The number of halogens is 1. The minimum atomic E-state index is 0. The van der Waals surface area contributed by atoms with Crippen molar-refractivity contribution in [3.05, 3.63) is 40.9 Å². The van der Waals surface area contributed by atoms with Crippen molar-refractivity contribution >= 4 is 41.3 Å². The highest BCUT2D eigenvalue weighted by molar-refractivity contribution is 14.0. The van der Waals surface area contributed by atoms with Crippen molar-refractivity contribution in [1.82, 2.24) is 15.6 Å². The molecular formula is C21H31IN4O2S. The molecule has 1 atom stereocenters. The lowest BCUT2D eigenvalue weighted by molar-refractivity contribution is 0.127. The molecule has 29 heavy (non-hydrogen) atoms. The molecule has 0 bridgehead atoms. The summed E-state index contributed by atoms with van der Waals surface area (Å²) < 4.78 is 5.54. The third-order valence-electron chi connectivity index (χ3n) is 5.21. The number of rotatable bonds is 8. The van der Waals surface area contributed by atoms with Gasteiger partial charge in [0.2, 0.25) is 0 Å². The predicted molar refractivity (Wildman–Crippen MR) is 130 cm³/mol. The van der Waals surface area contributed by atoms with Crippen molar-refractivity contribution in [2.45, 2.75) is 26.2 Å². The number of thiazole rings is 1. The van der Waals surface area contributed by atoms with Crippen molar-refractivity contribution in [3.8, 4) is 10.6 Å². The summed E-state index contributed by atoms with van der Waals surface area (Å²) in [4.78, 5) is 9.06. The molecule has 8 heteroatoms. The van der Waals surface area contributed by atoms with E-state index in [-0.39, 0.29) is 36.0 Å². The first-order valence-electron chi connectivity index (χ1n) is 9.79. The van der Waals surface area contributed by atoms with Crippen LogP contribution in [-0.4, -0.2) is 56.0 Å². The molecule has 1 aliphatic rings. The summed E-state index contributed by atoms with van der Waals surface area (Å²) in [6, 6.07) is 8.48. The number of ether oxygens (including phenoxy) is 1. The van der Waals surface area contributed by atoms with Crippen LogP contribution in [0.5, 0.6) is 0 Å². The molecule has 160 valence electrons. The third-order valence-corrected chi connectivity index (χ3v) is 6.15. The summed E-state index contributed by atoms with van der Waals surface area (Å²) >= 11 is 1.68. The van der Waals surface area contributed by atoms with E-state index in [4.69, 9.17) is 9.72 Å². The van der Waals surface area contributed by atoms with Crippen LogP contribution in [-0.2, 0) is 11.2 Å². The zero-order chi connectivity index (χ0) is 19.8. The molecule has 1 aliphatic heterocycles. The molecule has 6 nitrogen and oxygen atoms in total. The molecule has 3 rings (SSSR count). The number of aliphatic hydroxyl groups is 1. The second-order valence-electron chi connectivity index (χ2n) is 7.39. The van der Waals surface area contributed by atoms with Gasteiger partial charge >= 0.3 is 0 Å². The number of hydrogen-bond donors (Lipinski definition) is 3. The molecule has 1 unspecified atom stereocenters. The van der Waals surface area contributed by atoms with E-state index in [0.717, 1.165) is 55.6 Å². The lowest BCUT2D eigenvalue weighted by Gasteiger charge is -2.27. The fraction of sp³-hybridized carbons (Fsp3) is 0.524.